The van der Waals surface area contributed by atoms with Gasteiger partial charge < -0.3 is 10.2 Å². The summed E-state index contributed by atoms with van der Waals surface area (Å²) in [6.45, 7) is 6.76. The quantitative estimate of drug-likeness (QED) is 0.867. The van der Waals surface area contributed by atoms with Gasteiger partial charge in [-0.05, 0) is 58.8 Å². The van der Waals surface area contributed by atoms with Crippen molar-refractivity contribution in [2.24, 2.45) is 11.8 Å². The molecule has 0 radical (unpaired) electrons. The minimum absolute atomic E-state index is 0.528. The maximum absolute atomic E-state index is 6.21. The van der Waals surface area contributed by atoms with Gasteiger partial charge >= 0.3 is 0 Å². The first-order valence-electron chi connectivity index (χ1n) is 7.51. The number of nitrogens with one attached hydrogen (secondary N) is 1. The maximum atomic E-state index is 6.21. The van der Waals surface area contributed by atoms with Crippen LogP contribution in [0, 0.1) is 11.8 Å². The van der Waals surface area contributed by atoms with E-state index in [0.717, 1.165) is 28.5 Å². The van der Waals surface area contributed by atoms with Gasteiger partial charge in [-0.15, -0.1) is 0 Å². The van der Waals surface area contributed by atoms with Gasteiger partial charge in [0.05, 0.1) is 5.69 Å². The minimum atomic E-state index is 0.528. The molecule has 0 aromatic heterocycles. The molecule has 3 rings (SSSR count). The van der Waals surface area contributed by atoms with Crippen LogP contribution in [0.5, 0.6) is 0 Å². The second-order valence-electron chi connectivity index (χ2n) is 6.41. The van der Waals surface area contributed by atoms with Crippen molar-refractivity contribution in [2.75, 3.05) is 18.0 Å². The molecule has 0 bridgehead atoms. The predicted molar refractivity (Wildman–Crippen MR) is 89.6 cm³/mol. The smallest absolute Gasteiger partial charge is 0.0529 e. The monoisotopic (exact) mass is 356 g/mol. The van der Waals surface area contributed by atoms with Crippen LogP contribution in [0.4, 0.5) is 5.69 Å². The number of rotatable bonds is 3. The van der Waals surface area contributed by atoms with Crippen LogP contribution >= 0.6 is 27.5 Å². The molecule has 2 aliphatic rings. The fourth-order valence-corrected chi connectivity index (χ4v) is 3.83. The highest BCUT2D eigenvalue weighted by Gasteiger charge is 2.38. The Labute approximate surface area is 135 Å². The van der Waals surface area contributed by atoms with Gasteiger partial charge in [-0.1, -0.05) is 25.4 Å². The van der Waals surface area contributed by atoms with Crippen molar-refractivity contribution in [3.8, 4) is 0 Å². The number of anilines is 1. The summed E-state index contributed by atoms with van der Waals surface area (Å²) in [6.07, 6.45) is 2.77. The molecule has 1 saturated carbocycles. The fraction of sp³-hybridized carbons (Fsp3) is 0.625. The molecule has 110 valence electrons. The highest BCUT2D eigenvalue weighted by atomic mass is 79.9. The third kappa shape index (κ3) is 3.00. The van der Waals surface area contributed by atoms with E-state index < -0.39 is 0 Å². The van der Waals surface area contributed by atoms with E-state index in [1.165, 1.54) is 18.5 Å². The van der Waals surface area contributed by atoms with E-state index in [1.807, 2.05) is 6.07 Å². The van der Waals surface area contributed by atoms with E-state index in [1.54, 1.807) is 0 Å². The number of piperazine rings is 1. The molecule has 20 heavy (non-hydrogen) atoms. The van der Waals surface area contributed by atoms with Crippen molar-refractivity contribution in [1.82, 2.24) is 5.32 Å². The Morgan fingerprint density at radius 1 is 1.35 bits per heavy atom. The van der Waals surface area contributed by atoms with Gasteiger partial charge in [0.1, 0.15) is 0 Å². The zero-order valence-electron chi connectivity index (χ0n) is 12.1. The fourth-order valence-electron chi connectivity index (χ4n) is 3.19. The van der Waals surface area contributed by atoms with Gasteiger partial charge in [0, 0.05) is 34.7 Å². The van der Waals surface area contributed by atoms with Crippen molar-refractivity contribution in [1.29, 1.82) is 0 Å². The van der Waals surface area contributed by atoms with Crippen LogP contribution in [-0.4, -0.2) is 25.2 Å². The maximum Gasteiger partial charge on any atom is 0.0529 e. The summed E-state index contributed by atoms with van der Waals surface area (Å²) in [5.41, 5.74) is 1.24. The molecule has 1 heterocycles. The average molecular weight is 358 g/mol. The van der Waals surface area contributed by atoms with Crippen LogP contribution in [0.2, 0.25) is 5.02 Å². The average Bonchev–Trinajstić information content (AvgIpc) is 3.25. The van der Waals surface area contributed by atoms with Crippen molar-refractivity contribution >= 4 is 33.2 Å². The third-order valence-corrected chi connectivity index (χ3v) is 5.47. The van der Waals surface area contributed by atoms with E-state index in [2.05, 4.69) is 52.1 Å². The van der Waals surface area contributed by atoms with Crippen molar-refractivity contribution in [3.63, 3.8) is 0 Å². The zero-order valence-corrected chi connectivity index (χ0v) is 14.4. The summed E-state index contributed by atoms with van der Waals surface area (Å²) in [7, 11) is 0. The molecular formula is C16H22BrClN2. The standard InChI is InChI=1S/C16H22BrClN2/c1-10(2)16-8-19-14(11-3-4-11)9-20(16)15-7-12(18)5-6-13(15)17/h5-7,10-11,14,16,19H,3-4,8-9H2,1-2H3. The molecule has 0 spiro atoms. The summed E-state index contributed by atoms with van der Waals surface area (Å²) in [5, 5.41) is 4.57. The number of nitrogens with zero attached hydrogens (tertiary/aromatic N) is 1. The summed E-state index contributed by atoms with van der Waals surface area (Å²) in [6, 6.07) is 7.26. The third-order valence-electron chi connectivity index (χ3n) is 4.56. The summed E-state index contributed by atoms with van der Waals surface area (Å²) >= 11 is 9.91. The van der Waals surface area contributed by atoms with E-state index >= 15 is 0 Å². The molecule has 2 unspecified atom stereocenters. The lowest BCUT2D eigenvalue weighted by Crippen LogP contribution is -2.59. The Hall–Kier alpha value is -0.250. The molecule has 4 heteroatoms. The molecule has 1 saturated heterocycles. The molecule has 1 aromatic rings. The molecule has 2 fully saturated rings. The molecule has 2 nitrogen and oxygen atoms in total. The Morgan fingerprint density at radius 3 is 2.75 bits per heavy atom. The summed E-state index contributed by atoms with van der Waals surface area (Å²) in [5.74, 6) is 1.50. The highest BCUT2D eigenvalue weighted by Crippen LogP contribution is 2.38. The first kappa shape index (κ1) is 14.7. The Balaban J connectivity index is 1.89. The Kier molecular flexibility index (Phi) is 4.30. The molecule has 1 aliphatic carbocycles. The normalized spacial score (nSPS) is 27.1. The number of benzene rings is 1. The Morgan fingerprint density at radius 2 is 2.10 bits per heavy atom. The predicted octanol–water partition coefficient (Wildman–Crippen LogP) is 4.32. The SMILES string of the molecule is CC(C)C1CNC(C2CC2)CN1c1cc(Cl)ccc1Br. The van der Waals surface area contributed by atoms with Gasteiger partial charge in [0.2, 0.25) is 0 Å². The van der Waals surface area contributed by atoms with Crippen molar-refractivity contribution in [2.45, 2.75) is 38.8 Å². The number of halogens is 2. The lowest BCUT2D eigenvalue weighted by atomic mass is 9.96. The number of hydrogen-bond donors (Lipinski definition) is 1. The summed E-state index contributed by atoms with van der Waals surface area (Å²) < 4.78 is 1.14. The van der Waals surface area contributed by atoms with Crippen LogP contribution in [0.25, 0.3) is 0 Å². The van der Waals surface area contributed by atoms with E-state index in [0.29, 0.717) is 18.0 Å². The van der Waals surface area contributed by atoms with Crippen LogP contribution in [-0.2, 0) is 0 Å². The number of hydrogen-bond acceptors (Lipinski definition) is 2. The van der Waals surface area contributed by atoms with Crippen LogP contribution in [0.15, 0.2) is 22.7 Å². The second-order valence-corrected chi connectivity index (χ2v) is 7.70. The second kappa shape index (κ2) is 5.86. The van der Waals surface area contributed by atoms with Crippen molar-refractivity contribution in [3.05, 3.63) is 27.7 Å². The first-order chi connectivity index (χ1) is 9.56. The molecular weight excluding hydrogens is 336 g/mol. The summed E-state index contributed by atoms with van der Waals surface area (Å²) in [4.78, 5) is 2.56. The Bertz CT molecular complexity index is 487. The van der Waals surface area contributed by atoms with Gasteiger partial charge in [0.25, 0.3) is 0 Å². The van der Waals surface area contributed by atoms with Crippen LogP contribution in [0.1, 0.15) is 26.7 Å². The molecule has 1 aromatic carbocycles. The van der Waals surface area contributed by atoms with E-state index in [4.69, 9.17) is 11.6 Å². The van der Waals surface area contributed by atoms with Crippen LogP contribution < -0.4 is 10.2 Å². The van der Waals surface area contributed by atoms with Crippen LogP contribution in [0.3, 0.4) is 0 Å². The van der Waals surface area contributed by atoms with E-state index in [9.17, 15) is 0 Å². The van der Waals surface area contributed by atoms with Gasteiger partial charge in [0.15, 0.2) is 0 Å². The van der Waals surface area contributed by atoms with Crippen molar-refractivity contribution < 1.29 is 0 Å². The van der Waals surface area contributed by atoms with Gasteiger partial charge in [-0.3, -0.25) is 0 Å². The highest BCUT2D eigenvalue weighted by molar-refractivity contribution is 9.10. The lowest BCUT2D eigenvalue weighted by Gasteiger charge is -2.44. The molecule has 0 amide bonds. The zero-order chi connectivity index (χ0) is 14.3. The largest absolute Gasteiger partial charge is 0.364 e. The topological polar surface area (TPSA) is 15.3 Å². The minimum Gasteiger partial charge on any atom is -0.364 e. The first-order valence-corrected chi connectivity index (χ1v) is 8.68. The van der Waals surface area contributed by atoms with Gasteiger partial charge in [-0.25, -0.2) is 0 Å². The molecule has 1 N–H and O–H groups in total. The van der Waals surface area contributed by atoms with Gasteiger partial charge in [-0.2, -0.15) is 0 Å². The molecule has 1 aliphatic heterocycles. The van der Waals surface area contributed by atoms with E-state index in [-0.39, 0.29) is 0 Å². The molecule has 2 atom stereocenters. The lowest BCUT2D eigenvalue weighted by molar-refractivity contribution is 0.320.